The number of hydrogen-bond acceptors (Lipinski definition) is 3. The molecule has 0 saturated heterocycles. The Morgan fingerprint density at radius 2 is 1.96 bits per heavy atom. The number of anilines is 2. The van der Waals surface area contributed by atoms with Crippen LogP contribution in [0.3, 0.4) is 0 Å². The van der Waals surface area contributed by atoms with Gasteiger partial charge in [0, 0.05) is 17.8 Å². The number of nitrogens with two attached hydrogens (primary N) is 1. The number of nitrogen functional groups attached to an aromatic ring is 1. The van der Waals surface area contributed by atoms with Gasteiger partial charge in [0.1, 0.15) is 0 Å². The fraction of sp³-hybridized carbons (Fsp3) is 0.300. The van der Waals surface area contributed by atoms with Gasteiger partial charge in [0.25, 0.3) is 0 Å². The number of aryl methyl sites for hydroxylation is 1. The average Bonchev–Trinajstić information content (AvgIpc) is 2.60. The molecule has 2 atom stereocenters. The third-order valence-electron chi connectivity index (χ3n) is 5.11. The lowest BCUT2D eigenvalue weighted by Gasteiger charge is -2.30. The van der Waals surface area contributed by atoms with Crippen molar-refractivity contribution in [1.82, 2.24) is 5.32 Å². The van der Waals surface area contributed by atoms with E-state index in [2.05, 4.69) is 10.6 Å². The monoisotopic (exact) mass is 371 g/mol. The van der Waals surface area contributed by atoms with Crippen LogP contribution in [0.4, 0.5) is 11.4 Å². The van der Waals surface area contributed by atoms with Crippen LogP contribution in [0.25, 0.3) is 0 Å². The smallest absolute Gasteiger partial charge is 0.228 e. The molecule has 0 bridgehead atoms. The van der Waals surface area contributed by atoms with Gasteiger partial charge in [0.15, 0.2) is 0 Å². The van der Waals surface area contributed by atoms with Crippen LogP contribution >= 0.6 is 12.4 Å². The zero-order chi connectivity index (χ0) is 17.4. The van der Waals surface area contributed by atoms with Crippen molar-refractivity contribution in [2.24, 2.45) is 0 Å². The number of benzene rings is 2. The molecule has 26 heavy (non-hydrogen) atoms. The van der Waals surface area contributed by atoms with Gasteiger partial charge in [-0.25, -0.2) is 0 Å². The summed E-state index contributed by atoms with van der Waals surface area (Å²) in [6.07, 6.45) is 3.10. The van der Waals surface area contributed by atoms with E-state index in [-0.39, 0.29) is 36.7 Å². The standard InChI is InChI=1S/C20H21N3O2.ClH/c21-13-8-9-14-12(10-13)4-3-7-17(14)23-20(25)16-11-19(24)22-18-6-2-1-5-15(16)18;/h1-2,5-6,8-10,16-17H,3-4,7,11,21H2,(H,22,24)(H,23,25);1H. The number of halogens is 1. The SMILES string of the molecule is Cl.Nc1ccc2c(c1)CCCC2NC(=O)C1CC(=O)Nc2ccccc21. The predicted molar refractivity (Wildman–Crippen MR) is 104 cm³/mol. The van der Waals surface area contributed by atoms with Crippen molar-refractivity contribution in [3.8, 4) is 0 Å². The van der Waals surface area contributed by atoms with E-state index in [1.807, 2.05) is 42.5 Å². The van der Waals surface area contributed by atoms with Gasteiger partial charge < -0.3 is 16.4 Å². The van der Waals surface area contributed by atoms with Crippen molar-refractivity contribution in [2.45, 2.75) is 37.6 Å². The summed E-state index contributed by atoms with van der Waals surface area (Å²) in [5, 5.41) is 6.00. The minimum Gasteiger partial charge on any atom is -0.399 e. The Hall–Kier alpha value is -2.53. The molecular formula is C20H22ClN3O2. The molecule has 0 spiro atoms. The molecule has 0 fully saturated rings. The van der Waals surface area contributed by atoms with Crippen LogP contribution in [0.2, 0.25) is 0 Å². The van der Waals surface area contributed by atoms with Crippen molar-refractivity contribution in [1.29, 1.82) is 0 Å². The average molecular weight is 372 g/mol. The third kappa shape index (κ3) is 3.40. The molecule has 0 saturated carbocycles. The molecule has 6 heteroatoms. The van der Waals surface area contributed by atoms with Crippen molar-refractivity contribution in [2.75, 3.05) is 11.1 Å². The molecule has 4 N–H and O–H groups in total. The molecular weight excluding hydrogens is 350 g/mol. The Morgan fingerprint density at radius 1 is 1.15 bits per heavy atom. The maximum absolute atomic E-state index is 12.9. The molecule has 2 aromatic carbocycles. The number of fused-ring (bicyclic) bond motifs is 2. The molecule has 2 aliphatic rings. The van der Waals surface area contributed by atoms with Crippen LogP contribution < -0.4 is 16.4 Å². The Balaban J connectivity index is 0.00000196. The number of nitrogens with one attached hydrogen (secondary N) is 2. The van der Waals surface area contributed by atoms with Crippen LogP contribution in [-0.4, -0.2) is 11.8 Å². The summed E-state index contributed by atoms with van der Waals surface area (Å²) in [5.41, 5.74) is 10.6. The first kappa shape index (κ1) is 18.3. The molecule has 1 heterocycles. The molecule has 2 amide bonds. The number of rotatable bonds is 2. The van der Waals surface area contributed by atoms with Crippen LogP contribution in [0, 0.1) is 0 Å². The van der Waals surface area contributed by atoms with E-state index in [9.17, 15) is 9.59 Å². The summed E-state index contributed by atoms with van der Waals surface area (Å²) in [5.74, 6) is -0.642. The molecule has 0 aromatic heterocycles. The summed E-state index contributed by atoms with van der Waals surface area (Å²) in [6.45, 7) is 0. The van der Waals surface area contributed by atoms with Gasteiger partial charge in [-0.1, -0.05) is 24.3 Å². The number of para-hydroxylation sites is 1. The van der Waals surface area contributed by atoms with Gasteiger partial charge in [0.2, 0.25) is 11.8 Å². The van der Waals surface area contributed by atoms with E-state index in [0.717, 1.165) is 41.8 Å². The number of carbonyl (C=O) groups is 2. The normalized spacial score (nSPS) is 20.8. The predicted octanol–water partition coefficient (Wildman–Crippen LogP) is 3.31. The summed E-state index contributed by atoms with van der Waals surface area (Å²) in [4.78, 5) is 24.9. The van der Waals surface area contributed by atoms with Gasteiger partial charge in [-0.15, -0.1) is 12.4 Å². The van der Waals surface area contributed by atoms with Crippen LogP contribution in [0.1, 0.15) is 47.9 Å². The number of hydrogen-bond donors (Lipinski definition) is 3. The summed E-state index contributed by atoms with van der Waals surface area (Å²) < 4.78 is 0. The zero-order valence-corrected chi connectivity index (χ0v) is 15.1. The highest BCUT2D eigenvalue weighted by Crippen LogP contribution is 2.35. The molecule has 2 aromatic rings. The fourth-order valence-electron chi connectivity index (χ4n) is 3.90. The Bertz CT molecular complexity index is 853. The number of carbonyl (C=O) groups excluding carboxylic acids is 2. The number of amides is 2. The zero-order valence-electron chi connectivity index (χ0n) is 14.3. The Morgan fingerprint density at radius 3 is 2.81 bits per heavy atom. The highest BCUT2D eigenvalue weighted by atomic mass is 35.5. The largest absolute Gasteiger partial charge is 0.399 e. The van der Waals surface area contributed by atoms with E-state index in [1.54, 1.807) is 0 Å². The molecule has 0 radical (unpaired) electrons. The summed E-state index contributed by atoms with van der Waals surface area (Å²) >= 11 is 0. The van der Waals surface area contributed by atoms with E-state index in [1.165, 1.54) is 5.56 Å². The second-order valence-electron chi connectivity index (χ2n) is 6.80. The van der Waals surface area contributed by atoms with Crippen LogP contribution in [0.15, 0.2) is 42.5 Å². The minimum absolute atomic E-state index is 0. The third-order valence-corrected chi connectivity index (χ3v) is 5.11. The Labute approximate surface area is 158 Å². The van der Waals surface area contributed by atoms with Gasteiger partial charge in [-0.2, -0.15) is 0 Å². The van der Waals surface area contributed by atoms with Crippen LogP contribution in [0.5, 0.6) is 0 Å². The van der Waals surface area contributed by atoms with E-state index < -0.39 is 5.92 Å². The van der Waals surface area contributed by atoms with Crippen LogP contribution in [-0.2, 0) is 16.0 Å². The maximum Gasteiger partial charge on any atom is 0.228 e. The van der Waals surface area contributed by atoms with Crippen molar-refractivity contribution in [3.63, 3.8) is 0 Å². The molecule has 1 aliphatic carbocycles. The van der Waals surface area contributed by atoms with Gasteiger partial charge in [0.05, 0.1) is 12.0 Å². The summed E-state index contributed by atoms with van der Waals surface area (Å²) in [6, 6.07) is 13.4. The highest BCUT2D eigenvalue weighted by molar-refractivity contribution is 6.01. The quantitative estimate of drug-likeness (QED) is 0.708. The second-order valence-corrected chi connectivity index (χ2v) is 6.80. The van der Waals surface area contributed by atoms with E-state index in [0.29, 0.717) is 0 Å². The minimum atomic E-state index is -0.441. The lowest BCUT2D eigenvalue weighted by Crippen LogP contribution is -2.38. The van der Waals surface area contributed by atoms with E-state index in [4.69, 9.17) is 5.73 Å². The van der Waals surface area contributed by atoms with Crippen molar-refractivity contribution >= 4 is 35.6 Å². The first-order valence-electron chi connectivity index (χ1n) is 8.69. The first-order chi connectivity index (χ1) is 12.1. The van der Waals surface area contributed by atoms with E-state index >= 15 is 0 Å². The molecule has 4 rings (SSSR count). The lowest BCUT2D eigenvalue weighted by molar-refractivity contribution is -0.127. The first-order valence-corrected chi connectivity index (χ1v) is 8.69. The molecule has 5 nitrogen and oxygen atoms in total. The van der Waals surface area contributed by atoms with Gasteiger partial charge in [-0.05, 0) is 54.2 Å². The molecule has 1 aliphatic heterocycles. The second kappa shape index (κ2) is 7.38. The molecule has 2 unspecified atom stereocenters. The topological polar surface area (TPSA) is 84.2 Å². The van der Waals surface area contributed by atoms with Crippen molar-refractivity contribution < 1.29 is 9.59 Å². The molecule has 136 valence electrons. The highest BCUT2D eigenvalue weighted by Gasteiger charge is 2.32. The summed E-state index contributed by atoms with van der Waals surface area (Å²) in [7, 11) is 0. The van der Waals surface area contributed by atoms with Crippen molar-refractivity contribution in [3.05, 3.63) is 59.2 Å². The fourth-order valence-corrected chi connectivity index (χ4v) is 3.90. The van der Waals surface area contributed by atoms with Gasteiger partial charge >= 0.3 is 0 Å². The van der Waals surface area contributed by atoms with Gasteiger partial charge in [-0.3, -0.25) is 9.59 Å². The Kier molecular flexibility index (Phi) is 5.18. The lowest BCUT2D eigenvalue weighted by atomic mass is 9.85. The maximum atomic E-state index is 12.9.